The van der Waals surface area contributed by atoms with Crippen molar-refractivity contribution in [1.82, 2.24) is 4.98 Å². The topological polar surface area (TPSA) is 89.3 Å². The smallest absolute Gasteiger partial charge is 0.228 e. The second kappa shape index (κ2) is 5.93. The van der Waals surface area contributed by atoms with Crippen molar-refractivity contribution < 1.29 is 9.53 Å². The van der Waals surface area contributed by atoms with Gasteiger partial charge in [-0.1, -0.05) is 0 Å². The average molecular weight is 298 g/mol. The Balaban J connectivity index is 1.73. The molecule has 114 valence electrons. The van der Waals surface area contributed by atoms with Gasteiger partial charge in [0.25, 0.3) is 0 Å². The molecule has 1 aromatic carbocycles. The van der Waals surface area contributed by atoms with Crippen molar-refractivity contribution in [3.8, 4) is 11.5 Å². The summed E-state index contributed by atoms with van der Waals surface area (Å²) in [5.74, 6) is 1.92. The fourth-order valence-electron chi connectivity index (χ4n) is 2.07. The second-order valence-corrected chi connectivity index (χ2v) is 5.24. The maximum Gasteiger partial charge on any atom is 0.228 e. The number of nitrogens with two attached hydrogens (primary N) is 1. The van der Waals surface area contributed by atoms with E-state index in [1.807, 2.05) is 6.07 Å². The highest BCUT2D eigenvalue weighted by atomic mass is 16.5. The van der Waals surface area contributed by atoms with E-state index in [1.54, 1.807) is 37.5 Å². The highest BCUT2D eigenvalue weighted by molar-refractivity contribution is 5.93. The number of pyridine rings is 1. The molecule has 6 nitrogen and oxygen atoms in total. The molecule has 1 aromatic heterocycles. The van der Waals surface area contributed by atoms with Gasteiger partial charge in [0.05, 0.1) is 11.4 Å². The Morgan fingerprint density at radius 3 is 2.77 bits per heavy atom. The van der Waals surface area contributed by atoms with E-state index in [2.05, 4.69) is 15.6 Å². The molecule has 1 aliphatic carbocycles. The third-order valence-electron chi connectivity index (χ3n) is 3.46. The van der Waals surface area contributed by atoms with E-state index in [0.717, 1.165) is 18.5 Å². The van der Waals surface area contributed by atoms with Crippen molar-refractivity contribution in [2.24, 2.45) is 5.92 Å². The highest BCUT2D eigenvalue weighted by Crippen LogP contribution is 2.31. The molecule has 0 bridgehead atoms. The number of aromatic nitrogens is 1. The van der Waals surface area contributed by atoms with Crippen LogP contribution in [-0.4, -0.2) is 17.9 Å². The molecule has 0 atom stereocenters. The van der Waals surface area contributed by atoms with Crippen molar-refractivity contribution in [2.75, 3.05) is 23.4 Å². The number of rotatable bonds is 5. The lowest BCUT2D eigenvalue weighted by atomic mass is 10.2. The molecule has 0 aliphatic heterocycles. The van der Waals surface area contributed by atoms with Crippen LogP contribution in [0.3, 0.4) is 0 Å². The first-order valence-electron chi connectivity index (χ1n) is 7.18. The lowest BCUT2D eigenvalue weighted by molar-refractivity contribution is -0.117. The number of carbonyl (C=O) groups excluding carboxylic acids is 1. The van der Waals surface area contributed by atoms with Crippen LogP contribution in [0.25, 0.3) is 0 Å². The molecule has 1 heterocycles. The number of carbonyl (C=O) groups is 1. The Bertz CT molecular complexity index is 698. The Labute approximate surface area is 128 Å². The van der Waals surface area contributed by atoms with Gasteiger partial charge in [-0.25, -0.2) is 4.98 Å². The Morgan fingerprint density at radius 2 is 2.05 bits per heavy atom. The first-order chi connectivity index (χ1) is 10.7. The van der Waals surface area contributed by atoms with Crippen LogP contribution in [0.1, 0.15) is 12.8 Å². The normalized spacial score (nSPS) is 13.5. The Hall–Kier alpha value is -2.76. The SMILES string of the molecule is CNc1cc(Oc2ccnc(NC(=O)C3CC3)c2)ccc1N. The average Bonchev–Trinajstić information content (AvgIpc) is 3.34. The number of hydrogen-bond donors (Lipinski definition) is 3. The van der Waals surface area contributed by atoms with Crippen LogP contribution in [0.15, 0.2) is 36.5 Å². The molecular formula is C16H18N4O2. The summed E-state index contributed by atoms with van der Waals surface area (Å²) in [6.07, 6.45) is 3.52. The minimum Gasteiger partial charge on any atom is -0.457 e. The number of anilines is 3. The molecule has 0 unspecified atom stereocenters. The minimum absolute atomic E-state index is 0.0228. The van der Waals surface area contributed by atoms with Crippen molar-refractivity contribution in [1.29, 1.82) is 0 Å². The van der Waals surface area contributed by atoms with Gasteiger partial charge in [-0.3, -0.25) is 4.79 Å². The zero-order valence-corrected chi connectivity index (χ0v) is 12.3. The monoisotopic (exact) mass is 298 g/mol. The molecule has 22 heavy (non-hydrogen) atoms. The summed E-state index contributed by atoms with van der Waals surface area (Å²) in [5.41, 5.74) is 7.29. The van der Waals surface area contributed by atoms with Gasteiger partial charge in [-0.15, -0.1) is 0 Å². The van der Waals surface area contributed by atoms with Gasteiger partial charge in [0.2, 0.25) is 5.91 Å². The van der Waals surface area contributed by atoms with Crippen molar-refractivity contribution in [3.63, 3.8) is 0 Å². The maximum absolute atomic E-state index is 11.8. The minimum atomic E-state index is 0.0228. The van der Waals surface area contributed by atoms with Gasteiger partial charge in [-0.2, -0.15) is 0 Å². The van der Waals surface area contributed by atoms with Crippen LogP contribution in [0.4, 0.5) is 17.2 Å². The number of nitrogen functional groups attached to an aromatic ring is 1. The number of nitrogens with one attached hydrogen (secondary N) is 2. The highest BCUT2D eigenvalue weighted by Gasteiger charge is 2.29. The van der Waals surface area contributed by atoms with Gasteiger partial charge < -0.3 is 21.1 Å². The molecular weight excluding hydrogens is 280 g/mol. The number of ether oxygens (including phenoxy) is 1. The lowest BCUT2D eigenvalue weighted by Crippen LogP contribution is -2.14. The molecule has 3 rings (SSSR count). The molecule has 1 saturated carbocycles. The standard InChI is InChI=1S/C16H18N4O2/c1-18-14-8-11(4-5-13(14)17)22-12-6-7-19-15(9-12)20-16(21)10-2-3-10/h4-10,18H,2-3,17H2,1H3,(H,19,20,21). The van der Waals surface area contributed by atoms with Gasteiger partial charge in [-0.05, 0) is 31.0 Å². The summed E-state index contributed by atoms with van der Waals surface area (Å²) < 4.78 is 5.79. The molecule has 0 radical (unpaired) electrons. The molecule has 0 saturated heterocycles. The fraction of sp³-hybridized carbons (Fsp3) is 0.250. The van der Waals surface area contributed by atoms with E-state index in [4.69, 9.17) is 10.5 Å². The summed E-state index contributed by atoms with van der Waals surface area (Å²) in [4.78, 5) is 15.9. The zero-order valence-electron chi connectivity index (χ0n) is 12.3. The number of benzene rings is 1. The third kappa shape index (κ3) is 3.28. The maximum atomic E-state index is 11.8. The molecule has 2 aromatic rings. The van der Waals surface area contributed by atoms with Crippen LogP contribution in [0, 0.1) is 5.92 Å². The predicted octanol–water partition coefficient (Wildman–Crippen LogP) is 2.85. The Kier molecular flexibility index (Phi) is 3.82. The molecule has 6 heteroatoms. The summed E-state index contributed by atoms with van der Waals surface area (Å²) in [6, 6.07) is 8.83. The molecule has 1 amide bonds. The van der Waals surface area contributed by atoms with E-state index in [0.29, 0.717) is 23.0 Å². The van der Waals surface area contributed by atoms with Crippen LogP contribution in [0.5, 0.6) is 11.5 Å². The lowest BCUT2D eigenvalue weighted by Gasteiger charge is -2.10. The molecule has 1 aliphatic rings. The molecule has 4 N–H and O–H groups in total. The van der Waals surface area contributed by atoms with Crippen molar-refractivity contribution >= 4 is 23.1 Å². The van der Waals surface area contributed by atoms with E-state index in [-0.39, 0.29) is 11.8 Å². The van der Waals surface area contributed by atoms with E-state index in [1.165, 1.54) is 0 Å². The van der Waals surface area contributed by atoms with Crippen molar-refractivity contribution in [2.45, 2.75) is 12.8 Å². The zero-order chi connectivity index (χ0) is 15.5. The Morgan fingerprint density at radius 1 is 1.27 bits per heavy atom. The largest absolute Gasteiger partial charge is 0.457 e. The quantitative estimate of drug-likeness (QED) is 0.739. The summed E-state index contributed by atoms with van der Waals surface area (Å²) in [7, 11) is 1.80. The summed E-state index contributed by atoms with van der Waals surface area (Å²) >= 11 is 0. The third-order valence-corrected chi connectivity index (χ3v) is 3.46. The number of nitrogens with zero attached hydrogens (tertiary/aromatic N) is 1. The van der Waals surface area contributed by atoms with Crippen molar-refractivity contribution in [3.05, 3.63) is 36.5 Å². The van der Waals surface area contributed by atoms with E-state index >= 15 is 0 Å². The van der Waals surface area contributed by atoms with E-state index < -0.39 is 0 Å². The van der Waals surface area contributed by atoms with Gasteiger partial charge in [0.1, 0.15) is 17.3 Å². The van der Waals surface area contributed by atoms with Crippen LogP contribution < -0.4 is 21.1 Å². The fourth-order valence-corrected chi connectivity index (χ4v) is 2.07. The molecule has 0 spiro atoms. The van der Waals surface area contributed by atoms with Gasteiger partial charge >= 0.3 is 0 Å². The van der Waals surface area contributed by atoms with E-state index in [9.17, 15) is 4.79 Å². The van der Waals surface area contributed by atoms with Gasteiger partial charge in [0.15, 0.2) is 0 Å². The second-order valence-electron chi connectivity index (χ2n) is 5.24. The van der Waals surface area contributed by atoms with Gasteiger partial charge in [0, 0.05) is 31.3 Å². The first-order valence-corrected chi connectivity index (χ1v) is 7.18. The molecule has 1 fully saturated rings. The van der Waals surface area contributed by atoms with Crippen LogP contribution in [-0.2, 0) is 4.79 Å². The summed E-state index contributed by atoms with van der Waals surface area (Å²) in [6.45, 7) is 0. The number of hydrogen-bond acceptors (Lipinski definition) is 5. The van der Waals surface area contributed by atoms with Crippen LogP contribution in [0.2, 0.25) is 0 Å². The summed E-state index contributed by atoms with van der Waals surface area (Å²) in [5, 5.41) is 5.80. The van der Waals surface area contributed by atoms with Crippen LogP contribution >= 0.6 is 0 Å². The number of amides is 1. The predicted molar refractivity (Wildman–Crippen MR) is 86.1 cm³/mol. The first kappa shape index (κ1) is 14.2.